The fourth-order valence-electron chi connectivity index (χ4n) is 3.70. The average Bonchev–Trinajstić information content (AvgIpc) is 3.54. The molecule has 36 heavy (non-hydrogen) atoms. The minimum atomic E-state index is -0.384. The largest absolute Gasteiger partial charge is 0.298 e. The summed E-state index contributed by atoms with van der Waals surface area (Å²) < 4.78 is 0. The third kappa shape index (κ3) is 5.91. The van der Waals surface area contributed by atoms with E-state index in [0.717, 1.165) is 22.6 Å². The van der Waals surface area contributed by atoms with Crippen LogP contribution in [0.15, 0.2) is 97.3 Å². The van der Waals surface area contributed by atoms with E-state index in [1.54, 1.807) is 36.7 Å². The summed E-state index contributed by atoms with van der Waals surface area (Å²) in [5, 5.41) is 6.65. The maximum Gasteiger partial charge on any atom is 0.258 e. The Labute approximate surface area is 216 Å². The van der Waals surface area contributed by atoms with Gasteiger partial charge in [0.25, 0.3) is 11.8 Å². The fraction of sp³-hybridized carbons (Fsp3) is 0.0714. The fourth-order valence-corrected chi connectivity index (χ4v) is 5.38. The van der Waals surface area contributed by atoms with Crippen molar-refractivity contribution < 1.29 is 9.59 Å². The normalized spacial score (nSPS) is 10.7. The van der Waals surface area contributed by atoms with Gasteiger partial charge in [-0.05, 0) is 23.3 Å². The molecule has 0 fully saturated rings. The number of amides is 2. The van der Waals surface area contributed by atoms with Crippen molar-refractivity contribution in [2.24, 2.45) is 0 Å². The predicted molar refractivity (Wildman–Crippen MR) is 145 cm³/mol. The van der Waals surface area contributed by atoms with Crippen LogP contribution in [0.25, 0.3) is 0 Å². The number of benzene rings is 3. The molecule has 0 aliphatic heterocycles. The van der Waals surface area contributed by atoms with Crippen LogP contribution < -0.4 is 10.6 Å². The van der Waals surface area contributed by atoms with Gasteiger partial charge in [-0.15, -0.1) is 22.7 Å². The van der Waals surface area contributed by atoms with Gasteiger partial charge < -0.3 is 0 Å². The SMILES string of the molecule is O=C(Nc1ncc(Cc2ccccc2)s1)c1ccccc1C(=O)Nc1ncc(Cc2ccccc2)s1. The molecule has 6 nitrogen and oxygen atoms in total. The van der Waals surface area contributed by atoms with Crippen molar-refractivity contribution in [2.45, 2.75) is 12.8 Å². The number of nitrogens with one attached hydrogen (secondary N) is 2. The lowest BCUT2D eigenvalue weighted by atomic mass is 10.1. The Morgan fingerprint density at radius 1 is 0.583 bits per heavy atom. The summed E-state index contributed by atoms with van der Waals surface area (Å²) in [6.45, 7) is 0. The lowest BCUT2D eigenvalue weighted by Crippen LogP contribution is -2.20. The lowest BCUT2D eigenvalue weighted by Gasteiger charge is -2.08. The smallest absolute Gasteiger partial charge is 0.258 e. The van der Waals surface area contributed by atoms with E-state index in [4.69, 9.17) is 0 Å². The van der Waals surface area contributed by atoms with E-state index < -0.39 is 0 Å². The molecule has 0 saturated carbocycles. The Balaban J connectivity index is 1.25. The molecule has 5 rings (SSSR count). The number of hydrogen-bond acceptors (Lipinski definition) is 6. The van der Waals surface area contributed by atoms with Crippen LogP contribution in [-0.2, 0) is 12.8 Å². The van der Waals surface area contributed by atoms with Gasteiger partial charge in [-0.2, -0.15) is 0 Å². The maximum absolute atomic E-state index is 13.0. The van der Waals surface area contributed by atoms with Crippen LogP contribution in [0, 0.1) is 0 Å². The molecule has 2 aromatic heterocycles. The molecule has 2 heterocycles. The van der Waals surface area contributed by atoms with Crippen LogP contribution in [-0.4, -0.2) is 21.8 Å². The van der Waals surface area contributed by atoms with Crippen molar-refractivity contribution >= 4 is 44.8 Å². The van der Waals surface area contributed by atoms with E-state index in [0.29, 0.717) is 10.3 Å². The first-order chi connectivity index (χ1) is 17.6. The number of carbonyl (C=O) groups is 2. The number of hydrogen-bond donors (Lipinski definition) is 2. The summed E-state index contributed by atoms with van der Waals surface area (Å²) in [7, 11) is 0. The number of nitrogens with zero attached hydrogens (tertiary/aromatic N) is 2. The Kier molecular flexibility index (Phi) is 7.25. The van der Waals surface area contributed by atoms with Crippen molar-refractivity contribution in [3.05, 3.63) is 129 Å². The van der Waals surface area contributed by atoms with Gasteiger partial charge in [0.1, 0.15) is 0 Å². The number of carbonyl (C=O) groups excluding carboxylic acids is 2. The van der Waals surface area contributed by atoms with Crippen molar-refractivity contribution in [1.82, 2.24) is 9.97 Å². The zero-order valence-corrected chi connectivity index (χ0v) is 20.8. The topological polar surface area (TPSA) is 84.0 Å². The van der Waals surface area contributed by atoms with E-state index in [1.165, 1.54) is 33.8 Å². The quantitative estimate of drug-likeness (QED) is 0.257. The Morgan fingerprint density at radius 2 is 0.972 bits per heavy atom. The Morgan fingerprint density at radius 3 is 1.39 bits per heavy atom. The highest BCUT2D eigenvalue weighted by Crippen LogP contribution is 2.24. The summed E-state index contributed by atoms with van der Waals surface area (Å²) in [5.74, 6) is -0.768. The highest BCUT2D eigenvalue weighted by Gasteiger charge is 2.19. The Hall–Kier alpha value is -4.14. The first-order valence-electron chi connectivity index (χ1n) is 11.3. The van der Waals surface area contributed by atoms with E-state index in [1.807, 2.05) is 36.4 Å². The molecular formula is C28H22N4O2S2. The minimum absolute atomic E-state index is 0.274. The average molecular weight is 511 g/mol. The van der Waals surface area contributed by atoms with Gasteiger partial charge in [-0.3, -0.25) is 20.2 Å². The van der Waals surface area contributed by atoms with Gasteiger partial charge in [0.2, 0.25) is 0 Å². The molecule has 0 spiro atoms. The summed E-state index contributed by atoms with van der Waals surface area (Å²) >= 11 is 2.84. The summed E-state index contributed by atoms with van der Waals surface area (Å²) in [6, 6.07) is 26.9. The molecule has 8 heteroatoms. The zero-order valence-electron chi connectivity index (χ0n) is 19.2. The molecule has 0 radical (unpaired) electrons. The third-order valence-corrected chi connectivity index (χ3v) is 7.23. The zero-order chi connectivity index (χ0) is 24.7. The van der Waals surface area contributed by atoms with Gasteiger partial charge >= 0.3 is 0 Å². The first kappa shape index (κ1) is 23.6. The van der Waals surface area contributed by atoms with Crippen molar-refractivity contribution in [2.75, 3.05) is 10.6 Å². The summed E-state index contributed by atoms with van der Waals surface area (Å²) in [6.07, 6.45) is 5.02. The molecule has 0 aliphatic carbocycles. The van der Waals surface area contributed by atoms with Crippen molar-refractivity contribution in [1.29, 1.82) is 0 Å². The van der Waals surface area contributed by atoms with Crippen LogP contribution in [0.3, 0.4) is 0 Å². The van der Waals surface area contributed by atoms with Crippen LogP contribution >= 0.6 is 22.7 Å². The number of anilines is 2. The third-order valence-electron chi connectivity index (χ3n) is 5.41. The minimum Gasteiger partial charge on any atom is -0.298 e. The highest BCUT2D eigenvalue weighted by atomic mass is 32.1. The second kappa shape index (κ2) is 11.1. The van der Waals surface area contributed by atoms with Crippen LogP contribution in [0.2, 0.25) is 0 Å². The number of aromatic nitrogens is 2. The predicted octanol–water partition coefficient (Wildman–Crippen LogP) is 6.29. The van der Waals surface area contributed by atoms with Crippen molar-refractivity contribution in [3.63, 3.8) is 0 Å². The molecule has 0 atom stereocenters. The molecule has 2 amide bonds. The molecule has 0 unspecified atom stereocenters. The molecule has 178 valence electrons. The Bertz CT molecular complexity index is 1370. The molecule has 5 aromatic rings. The van der Waals surface area contributed by atoms with Gasteiger partial charge in [0, 0.05) is 35.0 Å². The standard InChI is InChI=1S/C28H22N4O2S2/c33-25(31-27-29-17-21(35-27)15-19-9-3-1-4-10-19)23-13-7-8-14-24(23)26(34)32-28-30-18-22(36-28)16-20-11-5-2-6-12-20/h1-14,17-18H,15-16H2,(H,29,31,33)(H,30,32,34). The van der Waals surface area contributed by atoms with Gasteiger partial charge in [-0.1, -0.05) is 72.8 Å². The van der Waals surface area contributed by atoms with E-state index in [2.05, 4.69) is 44.9 Å². The molecule has 0 bridgehead atoms. The number of rotatable bonds is 8. The highest BCUT2D eigenvalue weighted by molar-refractivity contribution is 7.16. The first-order valence-corrected chi connectivity index (χ1v) is 13.0. The van der Waals surface area contributed by atoms with E-state index in [-0.39, 0.29) is 22.9 Å². The lowest BCUT2D eigenvalue weighted by molar-refractivity contribution is 0.0990. The summed E-state index contributed by atoms with van der Waals surface area (Å²) in [4.78, 5) is 36.8. The van der Waals surface area contributed by atoms with E-state index in [9.17, 15) is 9.59 Å². The van der Waals surface area contributed by atoms with Gasteiger partial charge in [-0.25, -0.2) is 9.97 Å². The summed E-state index contributed by atoms with van der Waals surface area (Å²) in [5.41, 5.74) is 2.90. The van der Waals surface area contributed by atoms with E-state index >= 15 is 0 Å². The second-order valence-electron chi connectivity index (χ2n) is 8.04. The number of thiazole rings is 2. The van der Waals surface area contributed by atoms with Crippen LogP contribution in [0.1, 0.15) is 41.6 Å². The van der Waals surface area contributed by atoms with Crippen LogP contribution in [0.5, 0.6) is 0 Å². The van der Waals surface area contributed by atoms with Crippen molar-refractivity contribution in [3.8, 4) is 0 Å². The molecule has 0 aliphatic rings. The van der Waals surface area contributed by atoms with Gasteiger partial charge in [0.05, 0.1) is 11.1 Å². The molecule has 0 saturated heterocycles. The monoisotopic (exact) mass is 510 g/mol. The molecular weight excluding hydrogens is 488 g/mol. The van der Waals surface area contributed by atoms with Crippen LogP contribution in [0.4, 0.5) is 10.3 Å². The second-order valence-corrected chi connectivity index (χ2v) is 10.3. The molecule has 3 aromatic carbocycles. The van der Waals surface area contributed by atoms with Gasteiger partial charge in [0.15, 0.2) is 10.3 Å². The molecule has 2 N–H and O–H groups in total. The maximum atomic E-state index is 13.0.